The van der Waals surface area contributed by atoms with E-state index in [0.717, 1.165) is 18.0 Å². The maximum atomic E-state index is 5.84. The first-order valence-electron chi connectivity index (χ1n) is 5.42. The quantitative estimate of drug-likeness (QED) is 0.754. The molecule has 0 spiro atoms. The van der Waals surface area contributed by atoms with E-state index >= 15 is 0 Å². The van der Waals surface area contributed by atoms with Gasteiger partial charge in [0.2, 0.25) is 0 Å². The van der Waals surface area contributed by atoms with E-state index in [9.17, 15) is 0 Å². The van der Waals surface area contributed by atoms with E-state index in [-0.39, 0.29) is 0 Å². The lowest BCUT2D eigenvalue weighted by molar-refractivity contribution is 0.415. The Labute approximate surface area is 90.8 Å². The molecule has 0 unspecified atom stereocenters. The van der Waals surface area contributed by atoms with Crippen molar-refractivity contribution in [2.45, 2.75) is 25.8 Å². The van der Waals surface area contributed by atoms with Crippen LogP contribution in [0.2, 0.25) is 0 Å². The van der Waals surface area contributed by atoms with Gasteiger partial charge in [0.1, 0.15) is 5.75 Å². The predicted octanol–water partition coefficient (Wildman–Crippen LogP) is 2.27. The van der Waals surface area contributed by atoms with E-state index in [1.165, 1.54) is 18.5 Å². The number of anilines is 2. The van der Waals surface area contributed by atoms with Crippen LogP contribution in [0.1, 0.15) is 19.8 Å². The van der Waals surface area contributed by atoms with Crippen molar-refractivity contribution in [3.8, 4) is 5.75 Å². The molecule has 0 aliphatic carbocycles. The summed E-state index contributed by atoms with van der Waals surface area (Å²) in [5.74, 6) is 0.837. The Kier molecular flexibility index (Phi) is 2.71. The molecule has 0 bridgehead atoms. The van der Waals surface area contributed by atoms with E-state index in [1.807, 2.05) is 12.1 Å². The molecule has 0 saturated carbocycles. The molecule has 1 aromatic rings. The van der Waals surface area contributed by atoms with Gasteiger partial charge in [-0.2, -0.15) is 0 Å². The molecule has 0 aromatic heterocycles. The van der Waals surface area contributed by atoms with Crippen molar-refractivity contribution < 1.29 is 4.74 Å². The lowest BCUT2D eigenvalue weighted by Gasteiger charge is -2.24. The molecule has 2 N–H and O–H groups in total. The summed E-state index contributed by atoms with van der Waals surface area (Å²) in [6, 6.07) is 6.53. The fraction of sp³-hybridized carbons (Fsp3) is 0.500. The number of nitrogen functional groups attached to an aromatic ring is 1. The minimum absolute atomic E-state index is 0.608. The molecule has 1 fully saturated rings. The average molecular weight is 206 g/mol. The topological polar surface area (TPSA) is 38.5 Å². The highest BCUT2D eigenvalue weighted by Gasteiger charge is 2.20. The summed E-state index contributed by atoms with van der Waals surface area (Å²) in [5, 5.41) is 0. The molecule has 1 aliphatic heterocycles. The first kappa shape index (κ1) is 10.1. The lowest BCUT2D eigenvalue weighted by atomic mass is 10.2. The summed E-state index contributed by atoms with van der Waals surface area (Å²) in [5.41, 5.74) is 7.79. The van der Waals surface area contributed by atoms with Crippen molar-refractivity contribution in [2.75, 3.05) is 24.3 Å². The zero-order chi connectivity index (χ0) is 10.8. The third kappa shape index (κ3) is 2.01. The second-order valence-electron chi connectivity index (χ2n) is 4.15. The van der Waals surface area contributed by atoms with Gasteiger partial charge in [0.15, 0.2) is 0 Å². The van der Waals surface area contributed by atoms with Gasteiger partial charge in [-0.3, -0.25) is 0 Å². The average Bonchev–Trinajstić information content (AvgIpc) is 2.63. The molecule has 82 valence electrons. The van der Waals surface area contributed by atoms with Crippen molar-refractivity contribution >= 4 is 11.4 Å². The van der Waals surface area contributed by atoms with Crippen molar-refractivity contribution in [3.05, 3.63) is 18.2 Å². The second-order valence-corrected chi connectivity index (χ2v) is 4.15. The van der Waals surface area contributed by atoms with Crippen LogP contribution in [0.4, 0.5) is 11.4 Å². The number of nitrogens with zero attached hydrogens (tertiary/aromatic N) is 1. The fourth-order valence-electron chi connectivity index (χ4n) is 2.21. The Morgan fingerprint density at radius 2 is 2.20 bits per heavy atom. The van der Waals surface area contributed by atoms with Crippen LogP contribution in [0.3, 0.4) is 0 Å². The van der Waals surface area contributed by atoms with Gasteiger partial charge in [0.25, 0.3) is 0 Å². The molecule has 3 heteroatoms. The fourth-order valence-corrected chi connectivity index (χ4v) is 2.21. The van der Waals surface area contributed by atoms with E-state index in [1.54, 1.807) is 7.11 Å². The maximum Gasteiger partial charge on any atom is 0.122 e. The van der Waals surface area contributed by atoms with Gasteiger partial charge < -0.3 is 15.4 Å². The highest BCUT2D eigenvalue weighted by atomic mass is 16.5. The molecule has 0 amide bonds. The van der Waals surface area contributed by atoms with Crippen molar-refractivity contribution in [3.63, 3.8) is 0 Å². The lowest BCUT2D eigenvalue weighted by Crippen LogP contribution is -2.26. The number of nitrogens with two attached hydrogens (primary N) is 1. The monoisotopic (exact) mass is 206 g/mol. The molecule has 1 heterocycles. The van der Waals surface area contributed by atoms with Crippen LogP contribution in [0.5, 0.6) is 5.75 Å². The number of hydrogen-bond donors (Lipinski definition) is 1. The molecule has 1 atom stereocenters. The number of ether oxygens (including phenoxy) is 1. The minimum atomic E-state index is 0.608. The summed E-state index contributed by atoms with van der Waals surface area (Å²) < 4.78 is 5.22. The Morgan fingerprint density at radius 1 is 1.40 bits per heavy atom. The van der Waals surface area contributed by atoms with Crippen LogP contribution in [-0.4, -0.2) is 19.7 Å². The van der Waals surface area contributed by atoms with Crippen LogP contribution in [0.25, 0.3) is 0 Å². The molecular weight excluding hydrogens is 188 g/mol. The number of rotatable bonds is 2. The van der Waals surface area contributed by atoms with Crippen LogP contribution >= 0.6 is 0 Å². The van der Waals surface area contributed by atoms with Crippen LogP contribution in [0, 0.1) is 0 Å². The van der Waals surface area contributed by atoms with Crippen LogP contribution < -0.4 is 15.4 Å². The summed E-state index contributed by atoms with van der Waals surface area (Å²) >= 11 is 0. The first-order chi connectivity index (χ1) is 7.20. The zero-order valence-corrected chi connectivity index (χ0v) is 9.36. The molecule has 3 nitrogen and oxygen atoms in total. The second kappa shape index (κ2) is 4.01. The Bertz CT molecular complexity index is 351. The smallest absolute Gasteiger partial charge is 0.122 e. The van der Waals surface area contributed by atoms with Gasteiger partial charge in [0.05, 0.1) is 7.11 Å². The van der Waals surface area contributed by atoms with Crippen LogP contribution in [0.15, 0.2) is 18.2 Å². The normalized spacial score (nSPS) is 20.7. The van der Waals surface area contributed by atoms with E-state index in [4.69, 9.17) is 10.5 Å². The number of methoxy groups -OCH3 is 1. The van der Waals surface area contributed by atoms with Gasteiger partial charge in [-0.15, -0.1) is 0 Å². The van der Waals surface area contributed by atoms with E-state index in [0.29, 0.717) is 6.04 Å². The first-order valence-corrected chi connectivity index (χ1v) is 5.42. The van der Waals surface area contributed by atoms with Gasteiger partial charge in [-0.1, -0.05) is 0 Å². The third-order valence-electron chi connectivity index (χ3n) is 3.03. The SMILES string of the molecule is COc1cc(N)cc(N2CCC[C@H]2C)c1. The summed E-state index contributed by atoms with van der Waals surface area (Å²) in [7, 11) is 1.67. The Morgan fingerprint density at radius 3 is 2.80 bits per heavy atom. The Hall–Kier alpha value is -1.38. The molecule has 0 radical (unpaired) electrons. The molecule has 15 heavy (non-hydrogen) atoms. The van der Waals surface area contributed by atoms with Crippen molar-refractivity contribution in [1.82, 2.24) is 0 Å². The highest BCUT2D eigenvalue weighted by molar-refractivity contribution is 5.61. The zero-order valence-electron chi connectivity index (χ0n) is 9.36. The molecule has 1 aliphatic rings. The third-order valence-corrected chi connectivity index (χ3v) is 3.03. The largest absolute Gasteiger partial charge is 0.497 e. The van der Waals surface area contributed by atoms with Crippen molar-refractivity contribution in [2.24, 2.45) is 0 Å². The van der Waals surface area contributed by atoms with Gasteiger partial charge in [0, 0.05) is 36.1 Å². The Balaban J connectivity index is 2.30. The van der Waals surface area contributed by atoms with Gasteiger partial charge >= 0.3 is 0 Å². The highest BCUT2D eigenvalue weighted by Crippen LogP contribution is 2.30. The van der Waals surface area contributed by atoms with Gasteiger partial charge in [-0.25, -0.2) is 0 Å². The molecule has 1 aromatic carbocycles. The van der Waals surface area contributed by atoms with Crippen LogP contribution in [-0.2, 0) is 0 Å². The van der Waals surface area contributed by atoms with Crippen molar-refractivity contribution in [1.29, 1.82) is 0 Å². The molecular formula is C12H18N2O. The number of hydrogen-bond acceptors (Lipinski definition) is 3. The summed E-state index contributed by atoms with van der Waals surface area (Å²) in [4.78, 5) is 2.39. The van der Waals surface area contributed by atoms with E-state index < -0.39 is 0 Å². The number of benzene rings is 1. The maximum absolute atomic E-state index is 5.84. The standard InChI is InChI=1S/C12H18N2O/c1-9-4-3-5-14(9)11-6-10(13)7-12(8-11)15-2/h6-9H,3-5,13H2,1-2H3/t9-/m1/s1. The molecule has 2 rings (SSSR count). The van der Waals surface area contributed by atoms with E-state index in [2.05, 4.69) is 17.9 Å². The van der Waals surface area contributed by atoms with Gasteiger partial charge in [-0.05, 0) is 25.8 Å². The molecule has 1 saturated heterocycles. The predicted molar refractivity (Wildman–Crippen MR) is 63.4 cm³/mol. The minimum Gasteiger partial charge on any atom is -0.497 e. The summed E-state index contributed by atoms with van der Waals surface area (Å²) in [6.07, 6.45) is 2.52. The summed E-state index contributed by atoms with van der Waals surface area (Å²) in [6.45, 7) is 3.37.